The molecule has 1 saturated carbocycles. The van der Waals surface area contributed by atoms with Gasteiger partial charge >= 0.3 is 0 Å². The highest BCUT2D eigenvalue weighted by Gasteiger charge is 2.29. The lowest BCUT2D eigenvalue weighted by Gasteiger charge is -2.29. The summed E-state index contributed by atoms with van der Waals surface area (Å²) >= 11 is 0. The molecular formula is C17H30ClN3O3. The summed E-state index contributed by atoms with van der Waals surface area (Å²) in [6.07, 6.45) is 6.16. The molecule has 3 aliphatic rings. The van der Waals surface area contributed by atoms with Gasteiger partial charge in [-0.05, 0) is 25.2 Å². The van der Waals surface area contributed by atoms with Gasteiger partial charge in [0.25, 0.3) is 5.91 Å². The first-order valence-corrected chi connectivity index (χ1v) is 9.13. The van der Waals surface area contributed by atoms with Crippen molar-refractivity contribution >= 4 is 24.2 Å². The first-order valence-electron chi connectivity index (χ1n) is 9.13. The van der Waals surface area contributed by atoms with Crippen LogP contribution < -0.4 is 5.32 Å². The van der Waals surface area contributed by atoms with Gasteiger partial charge in [-0.1, -0.05) is 12.8 Å². The Kier molecular flexibility index (Phi) is 7.78. The molecule has 6 nitrogen and oxygen atoms in total. The third-order valence-electron chi connectivity index (χ3n) is 5.30. The molecule has 2 heterocycles. The van der Waals surface area contributed by atoms with E-state index >= 15 is 0 Å². The van der Waals surface area contributed by atoms with E-state index in [0.717, 1.165) is 26.1 Å². The minimum Gasteiger partial charge on any atom is -0.366 e. The van der Waals surface area contributed by atoms with Crippen molar-refractivity contribution in [1.29, 1.82) is 0 Å². The molecule has 2 saturated heterocycles. The summed E-state index contributed by atoms with van der Waals surface area (Å²) in [7, 11) is 0. The Morgan fingerprint density at radius 3 is 2.42 bits per heavy atom. The summed E-state index contributed by atoms with van der Waals surface area (Å²) in [5.74, 6) is 0.939. The van der Waals surface area contributed by atoms with E-state index in [1.165, 1.54) is 25.7 Å². The van der Waals surface area contributed by atoms with Crippen LogP contribution in [0.3, 0.4) is 0 Å². The van der Waals surface area contributed by atoms with Gasteiger partial charge in [0.15, 0.2) is 0 Å². The maximum absolute atomic E-state index is 12.5. The van der Waals surface area contributed by atoms with Crippen LogP contribution in [0.25, 0.3) is 0 Å². The fraction of sp³-hybridized carbons (Fsp3) is 0.882. The molecule has 0 aromatic rings. The molecule has 24 heavy (non-hydrogen) atoms. The zero-order valence-corrected chi connectivity index (χ0v) is 15.2. The predicted molar refractivity (Wildman–Crippen MR) is 94.2 cm³/mol. The largest absolute Gasteiger partial charge is 0.366 e. The van der Waals surface area contributed by atoms with Crippen LogP contribution in [0.4, 0.5) is 0 Å². The first kappa shape index (κ1) is 19.5. The van der Waals surface area contributed by atoms with Crippen molar-refractivity contribution < 1.29 is 14.3 Å². The minimum absolute atomic E-state index is 0. The maximum atomic E-state index is 12.5. The SMILES string of the molecule is Cl.O=C(CC1CCCC1)N1CCCN(C(=O)C2CNCCO2)CC1. The lowest BCUT2D eigenvalue weighted by molar-refractivity contribution is -0.145. The smallest absolute Gasteiger partial charge is 0.253 e. The zero-order valence-electron chi connectivity index (χ0n) is 14.4. The van der Waals surface area contributed by atoms with Crippen molar-refractivity contribution in [1.82, 2.24) is 15.1 Å². The van der Waals surface area contributed by atoms with Gasteiger partial charge in [0, 0.05) is 45.7 Å². The van der Waals surface area contributed by atoms with Crippen LogP contribution in [0, 0.1) is 5.92 Å². The van der Waals surface area contributed by atoms with E-state index in [0.29, 0.717) is 38.6 Å². The number of nitrogens with one attached hydrogen (secondary N) is 1. The monoisotopic (exact) mass is 359 g/mol. The standard InChI is InChI=1S/C17H29N3O3.ClH/c21-16(12-14-4-1-2-5-14)19-7-3-8-20(10-9-19)17(22)15-13-18-6-11-23-15;/h14-15,18H,1-13H2;1H. The van der Waals surface area contributed by atoms with Gasteiger partial charge in [-0.3, -0.25) is 9.59 Å². The Morgan fingerprint density at radius 2 is 1.71 bits per heavy atom. The molecule has 7 heteroatoms. The lowest BCUT2D eigenvalue weighted by atomic mass is 10.0. The molecule has 1 N–H and O–H groups in total. The van der Waals surface area contributed by atoms with Gasteiger partial charge in [0.05, 0.1) is 6.61 Å². The number of hydrogen-bond acceptors (Lipinski definition) is 4. The fourth-order valence-electron chi connectivity index (χ4n) is 3.91. The molecule has 1 aliphatic carbocycles. The Hall–Kier alpha value is -0.850. The fourth-order valence-corrected chi connectivity index (χ4v) is 3.91. The second kappa shape index (κ2) is 9.59. The van der Waals surface area contributed by atoms with E-state index in [9.17, 15) is 9.59 Å². The second-order valence-corrected chi connectivity index (χ2v) is 6.98. The molecule has 3 rings (SSSR count). The summed E-state index contributed by atoms with van der Waals surface area (Å²) < 4.78 is 5.56. The second-order valence-electron chi connectivity index (χ2n) is 6.98. The molecular weight excluding hydrogens is 330 g/mol. The normalized spacial score (nSPS) is 25.9. The van der Waals surface area contributed by atoms with Crippen molar-refractivity contribution in [3.8, 4) is 0 Å². The summed E-state index contributed by atoms with van der Waals surface area (Å²) in [5, 5.41) is 3.20. The third-order valence-corrected chi connectivity index (χ3v) is 5.30. The van der Waals surface area contributed by atoms with Gasteiger partial charge in [-0.25, -0.2) is 0 Å². The van der Waals surface area contributed by atoms with E-state index in [-0.39, 0.29) is 30.3 Å². The summed E-state index contributed by atoms with van der Waals surface area (Å²) in [4.78, 5) is 28.8. The number of amides is 2. The van der Waals surface area contributed by atoms with Gasteiger partial charge < -0.3 is 19.9 Å². The van der Waals surface area contributed by atoms with Gasteiger partial charge in [0.2, 0.25) is 5.91 Å². The third kappa shape index (κ3) is 5.07. The van der Waals surface area contributed by atoms with Crippen LogP contribution in [-0.2, 0) is 14.3 Å². The molecule has 2 amide bonds. The highest BCUT2D eigenvalue weighted by molar-refractivity contribution is 5.85. The number of nitrogens with zero attached hydrogens (tertiary/aromatic N) is 2. The number of carbonyl (C=O) groups excluding carboxylic acids is 2. The van der Waals surface area contributed by atoms with Gasteiger partial charge in [-0.2, -0.15) is 0 Å². The van der Waals surface area contributed by atoms with Gasteiger partial charge in [0.1, 0.15) is 6.10 Å². The van der Waals surface area contributed by atoms with Crippen molar-refractivity contribution in [2.75, 3.05) is 45.9 Å². The number of halogens is 1. The molecule has 0 spiro atoms. The van der Waals surface area contributed by atoms with Crippen molar-refractivity contribution in [3.05, 3.63) is 0 Å². The first-order chi connectivity index (χ1) is 11.2. The summed E-state index contributed by atoms with van der Waals surface area (Å²) in [6.45, 7) is 4.81. The quantitative estimate of drug-likeness (QED) is 0.817. The Labute approximate surface area is 150 Å². The summed E-state index contributed by atoms with van der Waals surface area (Å²) in [6, 6.07) is 0. The van der Waals surface area contributed by atoms with E-state index in [1.807, 2.05) is 9.80 Å². The van der Waals surface area contributed by atoms with Crippen molar-refractivity contribution in [2.24, 2.45) is 5.92 Å². The maximum Gasteiger partial charge on any atom is 0.253 e. The average molecular weight is 360 g/mol. The van der Waals surface area contributed by atoms with Crippen molar-refractivity contribution in [2.45, 2.75) is 44.6 Å². The summed E-state index contributed by atoms with van der Waals surface area (Å²) in [5.41, 5.74) is 0. The number of morpholine rings is 1. The minimum atomic E-state index is -0.357. The predicted octanol–water partition coefficient (Wildman–Crippen LogP) is 1.04. The molecule has 0 aromatic carbocycles. The molecule has 0 radical (unpaired) electrons. The number of rotatable bonds is 3. The van der Waals surface area contributed by atoms with Crippen LogP contribution >= 0.6 is 12.4 Å². The van der Waals surface area contributed by atoms with E-state index < -0.39 is 0 Å². The highest BCUT2D eigenvalue weighted by atomic mass is 35.5. The van der Waals surface area contributed by atoms with Crippen LogP contribution in [0.2, 0.25) is 0 Å². The number of carbonyl (C=O) groups is 2. The number of hydrogen-bond donors (Lipinski definition) is 1. The Morgan fingerprint density at radius 1 is 1.00 bits per heavy atom. The Bertz CT molecular complexity index is 423. The zero-order chi connectivity index (χ0) is 16.1. The molecule has 2 aliphatic heterocycles. The van der Waals surface area contributed by atoms with E-state index in [4.69, 9.17) is 4.74 Å². The van der Waals surface area contributed by atoms with E-state index in [2.05, 4.69) is 5.32 Å². The van der Waals surface area contributed by atoms with Gasteiger partial charge in [-0.15, -0.1) is 12.4 Å². The van der Waals surface area contributed by atoms with Crippen LogP contribution in [-0.4, -0.2) is 73.6 Å². The van der Waals surface area contributed by atoms with Crippen LogP contribution in [0.15, 0.2) is 0 Å². The molecule has 0 aromatic heterocycles. The topological polar surface area (TPSA) is 61.9 Å². The number of ether oxygens (including phenoxy) is 1. The highest BCUT2D eigenvalue weighted by Crippen LogP contribution is 2.28. The van der Waals surface area contributed by atoms with Crippen LogP contribution in [0.1, 0.15) is 38.5 Å². The molecule has 138 valence electrons. The molecule has 1 atom stereocenters. The van der Waals surface area contributed by atoms with E-state index in [1.54, 1.807) is 0 Å². The average Bonchev–Trinajstić information content (AvgIpc) is 2.96. The molecule has 3 fully saturated rings. The lowest BCUT2D eigenvalue weighted by Crippen LogP contribution is -2.50. The Balaban J connectivity index is 0.00000208. The molecule has 1 unspecified atom stereocenters. The van der Waals surface area contributed by atoms with Crippen LogP contribution in [0.5, 0.6) is 0 Å². The van der Waals surface area contributed by atoms with Crippen molar-refractivity contribution in [3.63, 3.8) is 0 Å². The molecule has 0 bridgehead atoms.